The second kappa shape index (κ2) is 9.41. The molecule has 1 aromatic rings. The Morgan fingerprint density at radius 3 is 2.34 bits per heavy atom. The molecule has 0 N–H and O–H groups in total. The minimum Gasteiger partial charge on any atom is -0.493 e. The summed E-state index contributed by atoms with van der Waals surface area (Å²) >= 11 is 0. The summed E-state index contributed by atoms with van der Waals surface area (Å²) in [4.78, 5) is 28.6. The largest absolute Gasteiger partial charge is 0.493 e. The highest BCUT2D eigenvalue weighted by molar-refractivity contribution is 5.82. The molecule has 29 heavy (non-hydrogen) atoms. The van der Waals surface area contributed by atoms with Gasteiger partial charge in [-0.2, -0.15) is 8.78 Å². The van der Waals surface area contributed by atoms with E-state index in [9.17, 15) is 18.4 Å². The van der Waals surface area contributed by atoms with Gasteiger partial charge in [-0.3, -0.25) is 9.59 Å². The van der Waals surface area contributed by atoms with Crippen LogP contribution in [0.2, 0.25) is 0 Å². The van der Waals surface area contributed by atoms with Crippen LogP contribution >= 0.6 is 0 Å². The van der Waals surface area contributed by atoms with E-state index in [0.717, 1.165) is 5.56 Å². The third-order valence-electron chi connectivity index (χ3n) is 5.01. The average molecular weight is 412 g/mol. The van der Waals surface area contributed by atoms with Gasteiger partial charge in [-0.1, -0.05) is 26.8 Å². The molecule has 0 aliphatic carbocycles. The molecule has 1 aliphatic rings. The molecule has 0 unspecified atom stereocenters. The molecule has 0 radical (unpaired) electrons. The molecule has 1 heterocycles. The van der Waals surface area contributed by atoms with Crippen molar-refractivity contribution < 1.29 is 27.8 Å². The zero-order valence-corrected chi connectivity index (χ0v) is 17.7. The number of hydrogen-bond donors (Lipinski definition) is 0. The van der Waals surface area contributed by atoms with E-state index < -0.39 is 12.0 Å². The van der Waals surface area contributed by atoms with Crippen molar-refractivity contribution in [2.45, 2.75) is 46.8 Å². The summed E-state index contributed by atoms with van der Waals surface area (Å²) in [6.07, 6.45) is 1.27. The molecule has 0 aromatic heterocycles. The summed E-state index contributed by atoms with van der Waals surface area (Å²) in [6.45, 7) is 4.23. The number of hydrogen-bond acceptors (Lipinski definition) is 4. The first-order valence-corrected chi connectivity index (χ1v) is 9.69. The number of nitrogens with zero attached hydrogens (tertiary/aromatic N) is 2. The Morgan fingerprint density at radius 1 is 1.21 bits per heavy atom. The van der Waals surface area contributed by atoms with Crippen LogP contribution in [-0.4, -0.2) is 55.5 Å². The smallest absolute Gasteiger partial charge is 0.387 e. The van der Waals surface area contributed by atoms with Crippen LogP contribution in [0.25, 0.3) is 0 Å². The van der Waals surface area contributed by atoms with Gasteiger partial charge in [0.15, 0.2) is 11.5 Å². The first kappa shape index (κ1) is 22.9. The number of halogens is 2. The predicted octanol–water partition coefficient (Wildman–Crippen LogP) is 3.54. The van der Waals surface area contributed by atoms with Crippen molar-refractivity contribution in [1.29, 1.82) is 0 Å². The van der Waals surface area contributed by atoms with Crippen LogP contribution in [0, 0.1) is 11.3 Å². The summed E-state index contributed by atoms with van der Waals surface area (Å²) in [5.74, 6) is 0.135. The summed E-state index contributed by atoms with van der Waals surface area (Å²) in [7, 11) is 3.09. The van der Waals surface area contributed by atoms with Crippen LogP contribution in [0.1, 0.15) is 39.2 Å². The van der Waals surface area contributed by atoms with Crippen molar-refractivity contribution in [1.82, 2.24) is 9.80 Å². The van der Waals surface area contributed by atoms with Crippen molar-refractivity contribution >= 4 is 11.8 Å². The van der Waals surface area contributed by atoms with Gasteiger partial charge in [-0.15, -0.1) is 0 Å². The molecule has 1 saturated heterocycles. The van der Waals surface area contributed by atoms with Crippen molar-refractivity contribution in [3.05, 3.63) is 23.8 Å². The number of carbonyl (C=O) groups is 2. The number of amides is 2. The highest BCUT2D eigenvalue weighted by Crippen LogP contribution is 2.30. The second-order valence-corrected chi connectivity index (χ2v) is 8.37. The van der Waals surface area contributed by atoms with E-state index in [1.807, 2.05) is 25.7 Å². The number of rotatable bonds is 6. The first-order chi connectivity index (χ1) is 13.5. The van der Waals surface area contributed by atoms with Crippen LogP contribution in [0.3, 0.4) is 0 Å². The van der Waals surface area contributed by atoms with Crippen LogP contribution in [0.15, 0.2) is 18.2 Å². The maximum absolute atomic E-state index is 12.8. The van der Waals surface area contributed by atoms with Gasteiger partial charge in [0.1, 0.15) is 0 Å². The van der Waals surface area contributed by atoms with Crippen LogP contribution in [-0.2, 0) is 16.1 Å². The lowest BCUT2D eigenvalue weighted by atomic mass is 9.90. The lowest BCUT2D eigenvalue weighted by Gasteiger charge is -2.36. The number of benzene rings is 1. The predicted molar refractivity (Wildman–Crippen MR) is 105 cm³/mol. The third kappa shape index (κ3) is 6.05. The number of methoxy groups -OCH3 is 1. The summed E-state index contributed by atoms with van der Waals surface area (Å²) in [5.41, 5.74) is 0.326. The molecule has 162 valence electrons. The summed E-state index contributed by atoms with van der Waals surface area (Å²) in [6, 6.07) is 4.63. The maximum Gasteiger partial charge on any atom is 0.387 e. The Hall–Kier alpha value is -2.38. The summed E-state index contributed by atoms with van der Waals surface area (Å²) < 4.78 is 34.4. The van der Waals surface area contributed by atoms with Gasteiger partial charge < -0.3 is 19.3 Å². The first-order valence-electron chi connectivity index (χ1n) is 9.69. The number of carbonyl (C=O) groups excluding carboxylic acids is 2. The highest BCUT2D eigenvalue weighted by Gasteiger charge is 2.33. The molecule has 2 amide bonds. The van der Waals surface area contributed by atoms with Gasteiger partial charge in [-0.05, 0) is 30.5 Å². The van der Waals surface area contributed by atoms with E-state index in [4.69, 9.17) is 4.74 Å². The van der Waals surface area contributed by atoms with Gasteiger partial charge in [0.05, 0.1) is 7.11 Å². The number of ether oxygens (including phenoxy) is 2. The lowest BCUT2D eigenvalue weighted by molar-refractivity contribution is -0.144. The Labute approximate surface area is 170 Å². The minimum atomic E-state index is -2.94. The van der Waals surface area contributed by atoms with Gasteiger partial charge in [0, 0.05) is 38.0 Å². The van der Waals surface area contributed by atoms with Gasteiger partial charge in [-0.25, -0.2) is 0 Å². The van der Waals surface area contributed by atoms with Gasteiger partial charge in [0.25, 0.3) is 0 Å². The van der Waals surface area contributed by atoms with Gasteiger partial charge >= 0.3 is 6.61 Å². The normalized spacial score (nSPS) is 15.4. The topological polar surface area (TPSA) is 59.1 Å². The second-order valence-electron chi connectivity index (χ2n) is 8.37. The molecular formula is C21H30F2N2O4. The SMILES string of the molecule is COc1cc(CN(C)C(=O)C2CCN(C(=O)C(C)(C)C)CC2)ccc1OC(F)F. The number of piperidine rings is 1. The fourth-order valence-electron chi connectivity index (χ4n) is 3.47. The van der Waals surface area contributed by atoms with E-state index in [1.165, 1.54) is 13.2 Å². The van der Waals surface area contributed by atoms with Crippen LogP contribution < -0.4 is 9.47 Å². The standard InChI is InChI=1S/C21H30F2N2O4/c1-21(2,3)19(27)25-10-8-15(9-11-25)18(26)24(4)13-14-6-7-16(29-20(22)23)17(12-14)28-5/h6-7,12,15,20H,8-11,13H2,1-5H3. The van der Waals surface area contributed by atoms with E-state index in [0.29, 0.717) is 32.5 Å². The molecule has 8 heteroatoms. The molecule has 0 spiro atoms. The van der Waals surface area contributed by atoms with Crippen LogP contribution in [0.5, 0.6) is 11.5 Å². The fraction of sp³-hybridized carbons (Fsp3) is 0.619. The molecule has 0 atom stereocenters. The average Bonchev–Trinajstić information content (AvgIpc) is 2.67. The maximum atomic E-state index is 12.8. The quantitative estimate of drug-likeness (QED) is 0.717. The molecule has 0 saturated carbocycles. The van der Waals surface area contributed by atoms with Gasteiger partial charge in [0.2, 0.25) is 11.8 Å². The molecule has 2 rings (SSSR count). The van der Waals surface area contributed by atoms with Crippen molar-refractivity contribution in [2.75, 3.05) is 27.2 Å². The van der Waals surface area contributed by atoms with E-state index in [2.05, 4.69) is 4.74 Å². The van der Waals surface area contributed by atoms with Crippen LogP contribution in [0.4, 0.5) is 8.78 Å². The van der Waals surface area contributed by atoms with E-state index in [1.54, 1.807) is 24.1 Å². The summed E-state index contributed by atoms with van der Waals surface area (Å²) in [5, 5.41) is 0. The number of likely N-dealkylation sites (tertiary alicyclic amines) is 1. The van der Waals surface area contributed by atoms with Crippen molar-refractivity contribution in [2.24, 2.45) is 11.3 Å². The Balaban J connectivity index is 1.95. The molecule has 6 nitrogen and oxygen atoms in total. The van der Waals surface area contributed by atoms with E-state index >= 15 is 0 Å². The zero-order valence-electron chi connectivity index (χ0n) is 17.7. The Bertz CT molecular complexity index is 726. The molecular weight excluding hydrogens is 382 g/mol. The monoisotopic (exact) mass is 412 g/mol. The number of alkyl halides is 2. The Kier molecular flexibility index (Phi) is 7.43. The molecule has 1 aliphatic heterocycles. The van der Waals surface area contributed by atoms with E-state index in [-0.39, 0.29) is 29.2 Å². The Morgan fingerprint density at radius 2 is 1.83 bits per heavy atom. The fourth-order valence-corrected chi connectivity index (χ4v) is 3.47. The molecule has 1 fully saturated rings. The third-order valence-corrected chi connectivity index (χ3v) is 5.01. The van der Waals surface area contributed by atoms with Crippen molar-refractivity contribution in [3.8, 4) is 11.5 Å². The van der Waals surface area contributed by atoms with Crippen molar-refractivity contribution in [3.63, 3.8) is 0 Å². The highest BCUT2D eigenvalue weighted by atomic mass is 19.3. The zero-order chi connectivity index (χ0) is 21.8. The lowest BCUT2D eigenvalue weighted by Crippen LogP contribution is -2.46. The molecule has 1 aromatic carbocycles. The molecule has 0 bridgehead atoms. The minimum absolute atomic E-state index is 0.0136.